The highest BCUT2D eigenvalue weighted by molar-refractivity contribution is 5.75. The van der Waals surface area contributed by atoms with Gasteiger partial charge in [-0.05, 0) is 45.4 Å². The molecule has 0 heterocycles. The molecule has 0 aliphatic rings. The maximum absolute atomic E-state index is 11.8. The average molecular weight is 398 g/mol. The summed E-state index contributed by atoms with van der Waals surface area (Å²) in [5.41, 5.74) is 0.208. The molecule has 1 aromatic carbocycles. The third-order valence-electron chi connectivity index (χ3n) is 3.48. The zero-order valence-corrected chi connectivity index (χ0v) is 17.4. The Hall–Kier alpha value is -1.67. The van der Waals surface area contributed by atoms with E-state index in [1.807, 2.05) is 19.1 Å². The fourth-order valence-corrected chi connectivity index (χ4v) is 2.20. The zero-order chi connectivity index (χ0) is 20.8. The summed E-state index contributed by atoms with van der Waals surface area (Å²) in [5.74, 6) is 0.0823. The Kier molecular flexibility index (Phi) is 11.7. The van der Waals surface area contributed by atoms with Crippen molar-refractivity contribution in [1.29, 1.82) is 0 Å². The van der Waals surface area contributed by atoms with E-state index in [1.54, 1.807) is 32.9 Å². The first kappa shape index (κ1) is 24.4. The molecule has 7 heteroatoms. The van der Waals surface area contributed by atoms with E-state index in [4.69, 9.17) is 23.7 Å². The van der Waals surface area contributed by atoms with Gasteiger partial charge in [-0.2, -0.15) is 0 Å². The molecule has 1 rings (SSSR count). The summed E-state index contributed by atoms with van der Waals surface area (Å²) in [4.78, 5) is 11.8. The van der Waals surface area contributed by atoms with Crippen LogP contribution in [0.1, 0.15) is 33.3 Å². The van der Waals surface area contributed by atoms with Gasteiger partial charge in [0.05, 0.1) is 33.0 Å². The standard InChI is InChI=1S/C21H34O7/c1-5-24-10-11-25-12-13-26-14-15-27-18-8-6-17(7-9-18)16-19(22)20(23)28-21(2,3)4/h6-9,19,22H,5,10-16H2,1-4H3/t19-/m0/s1. The minimum Gasteiger partial charge on any atom is -0.491 e. The number of benzene rings is 1. The Morgan fingerprint density at radius 3 is 2.00 bits per heavy atom. The molecule has 0 aliphatic carbocycles. The Morgan fingerprint density at radius 2 is 1.46 bits per heavy atom. The van der Waals surface area contributed by atoms with Crippen molar-refractivity contribution in [3.8, 4) is 5.75 Å². The summed E-state index contributed by atoms with van der Waals surface area (Å²) in [6, 6.07) is 7.23. The zero-order valence-electron chi connectivity index (χ0n) is 17.4. The lowest BCUT2D eigenvalue weighted by atomic mass is 10.1. The fraction of sp³-hybridized carbons (Fsp3) is 0.667. The molecule has 0 spiro atoms. The molecule has 1 atom stereocenters. The molecule has 0 saturated heterocycles. The maximum atomic E-state index is 11.8. The summed E-state index contributed by atoms with van der Waals surface area (Å²) >= 11 is 0. The van der Waals surface area contributed by atoms with Gasteiger partial charge in [-0.25, -0.2) is 4.79 Å². The van der Waals surface area contributed by atoms with Crippen molar-refractivity contribution in [3.63, 3.8) is 0 Å². The normalized spacial score (nSPS) is 12.6. The number of aliphatic hydroxyl groups is 1. The Labute approximate surface area is 167 Å². The predicted molar refractivity (Wildman–Crippen MR) is 106 cm³/mol. The molecular weight excluding hydrogens is 364 g/mol. The summed E-state index contributed by atoms with van der Waals surface area (Å²) in [5, 5.41) is 9.97. The lowest BCUT2D eigenvalue weighted by Crippen LogP contribution is -2.32. The summed E-state index contributed by atoms with van der Waals surface area (Å²) in [6.45, 7) is 11.1. The highest BCUT2D eigenvalue weighted by Crippen LogP contribution is 2.15. The lowest BCUT2D eigenvalue weighted by Gasteiger charge is -2.21. The number of rotatable bonds is 14. The molecule has 1 aromatic rings. The van der Waals surface area contributed by atoms with E-state index in [0.717, 1.165) is 5.56 Å². The quantitative estimate of drug-likeness (QED) is 0.380. The molecule has 0 amide bonds. The first-order chi connectivity index (χ1) is 13.3. The van der Waals surface area contributed by atoms with E-state index in [0.29, 0.717) is 52.0 Å². The van der Waals surface area contributed by atoms with Crippen molar-refractivity contribution in [3.05, 3.63) is 29.8 Å². The van der Waals surface area contributed by atoms with Crippen LogP contribution >= 0.6 is 0 Å². The number of hydrogen-bond donors (Lipinski definition) is 1. The van der Waals surface area contributed by atoms with Crippen LogP contribution in [0.2, 0.25) is 0 Å². The van der Waals surface area contributed by atoms with Crippen LogP contribution in [0, 0.1) is 0 Å². The molecule has 0 fully saturated rings. The van der Waals surface area contributed by atoms with E-state index < -0.39 is 17.7 Å². The SMILES string of the molecule is CCOCCOCCOCCOc1ccc(C[C@H](O)C(=O)OC(C)(C)C)cc1. The van der Waals surface area contributed by atoms with Crippen molar-refractivity contribution in [2.75, 3.05) is 46.2 Å². The number of aliphatic hydroxyl groups excluding tert-OH is 1. The van der Waals surface area contributed by atoms with Crippen LogP contribution < -0.4 is 4.74 Å². The van der Waals surface area contributed by atoms with Gasteiger partial charge >= 0.3 is 5.97 Å². The Bertz CT molecular complexity index is 537. The van der Waals surface area contributed by atoms with E-state index in [9.17, 15) is 9.90 Å². The van der Waals surface area contributed by atoms with Gasteiger partial charge in [0.15, 0.2) is 6.10 Å². The lowest BCUT2D eigenvalue weighted by molar-refractivity contribution is -0.164. The molecule has 0 bridgehead atoms. The molecule has 0 radical (unpaired) electrons. The van der Waals surface area contributed by atoms with E-state index in [-0.39, 0.29) is 6.42 Å². The molecule has 0 saturated carbocycles. The molecule has 28 heavy (non-hydrogen) atoms. The van der Waals surface area contributed by atoms with Crippen LogP contribution in [0.4, 0.5) is 0 Å². The average Bonchev–Trinajstić information content (AvgIpc) is 2.63. The number of ether oxygens (including phenoxy) is 5. The maximum Gasteiger partial charge on any atom is 0.335 e. The molecule has 7 nitrogen and oxygen atoms in total. The van der Waals surface area contributed by atoms with Crippen molar-refractivity contribution in [2.24, 2.45) is 0 Å². The van der Waals surface area contributed by atoms with Gasteiger partial charge in [-0.1, -0.05) is 12.1 Å². The van der Waals surface area contributed by atoms with E-state index >= 15 is 0 Å². The Morgan fingerprint density at radius 1 is 0.929 bits per heavy atom. The Balaban J connectivity index is 2.17. The van der Waals surface area contributed by atoms with Crippen molar-refractivity contribution in [2.45, 2.75) is 45.8 Å². The first-order valence-electron chi connectivity index (χ1n) is 9.67. The largest absolute Gasteiger partial charge is 0.491 e. The van der Waals surface area contributed by atoms with Crippen LogP contribution in [0.3, 0.4) is 0 Å². The van der Waals surface area contributed by atoms with E-state index in [1.165, 1.54) is 0 Å². The minimum absolute atomic E-state index is 0.196. The number of carbonyl (C=O) groups excluding carboxylic acids is 1. The topological polar surface area (TPSA) is 83.5 Å². The van der Waals surface area contributed by atoms with Crippen LogP contribution in [-0.4, -0.2) is 69.0 Å². The molecule has 0 aliphatic heterocycles. The molecule has 0 unspecified atom stereocenters. The first-order valence-corrected chi connectivity index (χ1v) is 9.67. The third-order valence-corrected chi connectivity index (χ3v) is 3.48. The molecule has 1 N–H and O–H groups in total. The molecule has 160 valence electrons. The number of esters is 1. The smallest absolute Gasteiger partial charge is 0.335 e. The van der Waals surface area contributed by atoms with Crippen LogP contribution in [0.25, 0.3) is 0 Å². The second kappa shape index (κ2) is 13.5. The van der Waals surface area contributed by atoms with Gasteiger partial charge in [0, 0.05) is 13.0 Å². The highest BCUT2D eigenvalue weighted by Gasteiger charge is 2.23. The molecular formula is C21H34O7. The van der Waals surface area contributed by atoms with Gasteiger partial charge in [0.25, 0.3) is 0 Å². The fourth-order valence-electron chi connectivity index (χ4n) is 2.20. The van der Waals surface area contributed by atoms with Crippen LogP contribution in [-0.2, 0) is 30.2 Å². The number of hydrogen-bond acceptors (Lipinski definition) is 7. The van der Waals surface area contributed by atoms with Crippen LogP contribution in [0.15, 0.2) is 24.3 Å². The van der Waals surface area contributed by atoms with Crippen molar-refractivity contribution in [1.82, 2.24) is 0 Å². The number of carbonyl (C=O) groups is 1. The minimum atomic E-state index is -1.19. The van der Waals surface area contributed by atoms with Gasteiger partial charge in [-0.3, -0.25) is 0 Å². The van der Waals surface area contributed by atoms with Gasteiger partial charge in [0.1, 0.15) is 18.0 Å². The summed E-state index contributed by atoms with van der Waals surface area (Å²) < 4.78 is 26.7. The van der Waals surface area contributed by atoms with Gasteiger partial charge in [0.2, 0.25) is 0 Å². The van der Waals surface area contributed by atoms with Gasteiger partial charge in [-0.15, -0.1) is 0 Å². The van der Waals surface area contributed by atoms with Crippen molar-refractivity contribution >= 4 is 5.97 Å². The van der Waals surface area contributed by atoms with E-state index in [2.05, 4.69) is 0 Å². The van der Waals surface area contributed by atoms with Crippen molar-refractivity contribution < 1.29 is 33.6 Å². The summed E-state index contributed by atoms with van der Waals surface area (Å²) in [6.07, 6.45) is -0.989. The van der Waals surface area contributed by atoms with Crippen LogP contribution in [0.5, 0.6) is 5.75 Å². The second-order valence-electron chi connectivity index (χ2n) is 7.17. The summed E-state index contributed by atoms with van der Waals surface area (Å²) in [7, 11) is 0. The van der Waals surface area contributed by atoms with Gasteiger partial charge < -0.3 is 28.8 Å². The molecule has 0 aromatic heterocycles. The predicted octanol–water partition coefficient (Wildman–Crippen LogP) is 2.38. The highest BCUT2D eigenvalue weighted by atomic mass is 16.6. The third kappa shape index (κ3) is 11.9. The second-order valence-corrected chi connectivity index (χ2v) is 7.17. The monoisotopic (exact) mass is 398 g/mol.